The van der Waals surface area contributed by atoms with Crippen LogP contribution in [0.15, 0.2) is 36.9 Å². The van der Waals surface area contributed by atoms with Gasteiger partial charge in [-0.05, 0) is 30.5 Å². The summed E-state index contributed by atoms with van der Waals surface area (Å²) >= 11 is 0. The first-order valence-electron chi connectivity index (χ1n) is 7.49. The van der Waals surface area contributed by atoms with E-state index in [-0.39, 0.29) is 11.7 Å². The lowest BCUT2D eigenvalue weighted by Gasteiger charge is -2.25. The summed E-state index contributed by atoms with van der Waals surface area (Å²) in [5.41, 5.74) is 1.21. The Hall–Kier alpha value is -1.66. The Morgan fingerprint density at radius 2 is 1.82 bits per heavy atom. The zero-order chi connectivity index (χ0) is 16.0. The van der Waals surface area contributed by atoms with Gasteiger partial charge in [-0.15, -0.1) is 6.58 Å². The van der Waals surface area contributed by atoms with Crippen LogP contribution in [0.2, 0.25) is 0 Å². The van der Waals surface area contributed by atoms with Crippen LogP contribution in [0.5, 0.6) is 0 Å². The third kappa shape index (κ3) is 4.42. The minimum absolute atomic E-state index is 0.0123. The number of hydrogen-bond acceptors (Lipinski definition) is 3. The number of carbonyl (C=O) groups excluding carboxylic acids is 1. The van der Waals surface area contributed by atoms with Crippen molar-refractivity contribution in [3.63, 3.8) is 0 Å². The van der Waals surface area contributed by atoms with Crippen molar-refractivity contribution in [2.75, 3.05) is 19.6 Å². The van der Waals surface area contributed by atoms with E-state index >= 15 is 0 Å². The second kappa shape index (κ2) is 7.56. The van der Waals surface area contributed by atoms with Crippen molar-refractivity contribution in [1.29, 1.82) is 0 Å². The Bertz CT molecular complexity index is 617. The van der Waals surface area contributed by atoms with Gasteiger partial charge in [-0.3, -0.25) is 4.79 Å². The fourth-order valence-electron chi connectivity index (χ4n) is 2.46. The van der Waals surface area contributed by atoms with Crippen molar-refractivity contribution in [2.45, 2.75) is 25.0 Å². The van der Waals surface area contributed by atoms with E-state index in [1.54, 1.807) is 34.6 Å². The molecule has 1 aromatic rings. The van der Waals surface area contributed by atoms with Crippen LogP contribution in [0, 0.1) is 0 Å². The van der Waals surface area contributed by atoms with Crippen LogP contribution >= 0.6 is 0 Å². The van der Waals surface area contributed by atoms with Gasteiger partial charge in [-0.25, -0.2) is 12.7 Å². The number of amides is 1. The highest BCUT2D eigenvalue weighted by Crippen LogP contribution is 2.17. The predicted octanol–water partition coefficient (Wildman–Crippen LogP) is 1.92. The second-order valence-electron chi connectivity index (χ2n) is 5.41. The van der Waals surface area contributed by atoms with Crippen LogP contribution < -0.4 is 5.32 Å². The zero-order valence-corrected chi connectivity index (χ0v) is 13.4. The lowest BCUT2D eigenvalue weighted by atomic mass is 10.1. The van der Waals surface area contributed by atoms with Crippen LogP contribution in [0.1, 0.15) is 35.2 Å². The Morgan fingerprint density at radius 1 is 1.18 bits per heavy atom. The number of hydrogen-bond donors (Lipinski definition) is 1. The molecule has 5 nitrogen and oxygen atoms in total. The second-order valence-corrected chi connectivity index (χ2v) is 7.38. The lowest BCUT2D eigenvalue weighted by molar-refractivity contribution is 0.0958. The highest BCUT2D eigenvalue weighted by atomic mass is 32.2. The molecule has 1 aliphatic heterocycles. The number of sulfonamides is 1. The van der Waals surface area contributed by atoms with Crippen LogP contribution in [0.4, 0.5) is 0 Å². The molecule has 120 valence electrons. The van der Waals surface area contributed by atoms with Crippen LogP contribution in [0.3, 0.4) is 0 Å². The van der Waals surface area contributed by atoms with E-state index in [2.05, 4.69) is 11.9 Å². The van der Waals surface area contributed by atoms with Crippen molar-refractivity contribution in [2.24, 2.45) is 0 Å². The fourth-order valence-corrected chi connectivity index (χ4v) is 4.08. The summed E-state index contributed by atoms with van der Waals surface area (Å²) in [5.74, 6) is -0.202. The minimum Gasteiger partial charge on any atom is -0.349 e. The molecule has 0 atom stereocenters. The monoisotopic (exact) mass is 322 g/mol. The number of nitrogens with one attached hydrogen (secondary N) is 1. The topological polar surface area (TPSA) is 66.5 Å². The van der Waals surface area contributed by atoms with Gasteiger partial charge < -0.3 is 5.32 Å². The van der Waals surface area contributed by atoms with E-state index < -0.39 is 10.0 Å². The quantitative estimate of drug-likeness (QED) is 0.814. The van der Waals surface area contributed by atoms with Gasteiger partial charge in [0.2, 0.25) is 10.0 Å². The largest absolute Gasteiger partial charge is 0.349 e. The molecule has 1 aliphatic rings. The molecule has 0 spiro atoms. The molecule has 22 heavy (non-hydrogen) atoms. The predicted molar refractivity (Wildman–Crippen MR) is 87.0 cm³/mol. The molecule has 1 N–H and O–H groups in total. The lowest BCUT2D eigenvalue weighted by Crippen LogP contribution is -2.36. The summed E-state index contributed by atoms with van der Waals surface area (Å²) in [5, 5.41) is 2.68. The Kier molecular flexibility index (Phi) is 5.74. The molecule has 1 saturated heterocycles. The molecule has 1 amide bonds. The van der Waals surface area contributed by atoms with Gasteiger partial charge in [0.1, 0.15) is 0 Å². The van der Waals surface area contributed by atoms with Crippen LogP contribution in [-0.2, 0) is 15.8 Å². The number of benzene rings is 1. The Balaban J connectivity index is 2.01. The molecular formula is C16H22N2O3S. The first kappa shape index (κ1) is 16.7. The average Bonchev–Trinajstić information content (AvgIpc) is 2.54. The molecule has 0 radical (unpaired) electrons. The maximum absolute atomic E-state index is 12.4. The van der Waals surface area contributed by atoms with Crippen LogP contribution in [-0.4, -0.2) is 38.3 Å². The van der Waals surface area contributed by atoms with Gasteiger partial charge in [0.15, 0.2) is 0 Å². The van der Waals surface area contributed by atoms with Crippen molar-refractivity contribution in [1.82, 2.24) is 9.62 Å². The molecule has 0 saturated carbocycles. The van der Waals surface area contributed by atoms with Gasteiger partial charge in [0.05, 0.1) is 5.75 Å². The highest BCUT2D eigenvalue weighted by Gasteiger charge is 2.24. The fraction of sp³-hybridized carbons (Fsp3) is 0.438. The summed E-state index contributed by atoms with van der Waals surface area (Å²) in [7, 11) is -3.26. The first-order valence-corrected chi connectivity index (χ1v) is 9.10. The molecule has 1 heterocycles. The third-order valence-electron chi connectivity index (χ3n) is 3.68. The van der Waals surface area contributed by atoms with Crippen LogP contribution in [0.25, 0.3) is 0 Å². The molecule has 6 heteroatoms. The van der Waals surface area contributed by atoms with Gasteiger partial charge in [-0.2, -0.15) is 0 Å². The molecule has 0 aromatic heterocycles. The van der Waals surface area contributed by atoms with Gasteiger partial charge in [0.25, 0.3) is 5.91 Å². The van der Waals surface area contributed by atoms with E-state index in [9.17, 15) is 13.2 Å². The number of nitrogens with zero attached hydrogens (tertiary/aromatic N) is 1. The average molecular weight is 322 g/mol. The number of carbonyl (C=O) groups is 1. The van der Waals surface area contributed by atoms with Crippen molar-refractivity contribution in [3.8, 4) is 0 Å². The summed E-state index contributed by atoms with van der Waals surface area (Å²) in [6.45, 7) is 5.18. The summed E-state index contributed by atoms with van der Waals surface area (Å²) in [6, 6.07) is 6.70. The van der Waals surface area contributed by atoms with Gasteiger partial charge >= 0.3 is 0 Å². The number of rotatable bonds is 6. The standard InChI is InChI=1S/C16H22N2O3S/c1-2-10-17-16(19)15-8-6-14(7-9-15)13-22(20,21)18-11-4-3-5-12-18/h2,6-9H,1,3-5,10-13H2,(H,17,19). The number of piperidine rings is 1. The van der Waals surface area contributed by atoms with E-state index in [1.807, 2.05) is 0 Å². The maximum Gasteiger partial charge on any atom is 0.251 e. The van der Waals surface area contributed by atoms with Crippen molar-refractivity contribution in [3.05, 3.63) is 48.0 Å². The van der Waals surface area contributed by atoms with Gasteiger partial charge in [-0.1, -0.05) is 24.6 Å². The van der Waals surface area contributed by atoms with E-state index in [4.69, 9.17) is 0 Å². The minimum atomic E-state index is -3.26. The summed E-state index contributed by atoms with van der Waals surface area (Å²) < 4.78 is 26.3. The molecule has 0 aliphatic carbocycles. The molecule has 0 bridgehead atoms. The van der Waals surface area contributed by atoms with E-state index in [0.29, 0.717) is 30.8 Å². The smallest absolute Gasteiger partial charge is 0.251 e. The molecular weight excluding hydrogens is 300 g/mol. The molecule has 2 rings (SSSR count). The Labute approximate surface area is 132 Å². The normalized spacial score (nSPS) is 16.2. The van der Waals surface area contributed by atoms with Crippen molar-refractivity contribution < 1.29 is 13.2 Å². The first-order chi connectivity index (χ1) is 10.5. The highest BCUT2D eigenvalue weighted by molar-refractivity contribution is 7.88. The maximum atomic E-state index is 12.4. The van der Waals surface area contributed by atoms with E-state index in [1.165, 1.54) is 0 Å². The SMILES string of the molecule is C=CCNC(=O)c1ccc(CS(=O)(=O)N2CCCCC2)cc1. The molecule has 0 unspecified atom stereocenters. The molecule has 1 fully saturated rings. The van der Waals surface area contributed by atoms with Gasteiger partial charge in [0, 0.05) is 25.2 Å². The van der Waals surface area contributed by atoms with E-state index in [0.717, 1.165) is 19.3 Å². The van der Waals surface area contributed by atoms with Crippen molar-refractivity contribution >= 4 is 15.9 Å². The Morgan fingerprint density at radius 3 is 2.41 bits per heavy atom. The summed E-state index contributed by atoms with van der Waals surface area (Å²) in [6.07, 6.45) is 4.57. The zero-order valence-electron chi connectivity index (χ0n) is 12.6. The third-order valence-corrected chi connectivity index (χ3v) is 5.53. The summed E-state index contributed by atoms with van der Waals surface area (Å²) in [4.78, 5) is 11.8. The molecule has 1 aromatic carbocycles.